The second kappa shape index (κ2) is 7.66. The van der Waals surface area contributed by atoms with Gasteiger partial charge in [-0.1, -0.05) is 18.0 Å². The van der Waals surface area contributed by atoms with Gasteiger partial charge in [0.1, 0.15) is 0 Å². The third-order valence-electron chi connectivity index (χ3n) is 4.03. The molecule has 2 rings (SSSR count). The van der Waals surface area contributed by atoms with Crippen LogP contribution >= 0.6 is 11.6 Å². The second-order valence-corrected chi connectivity index (χ2v) is 6.38. The molecule has 0 aromatic heterocycles. The van der Waals surface area contributed by atoms with E-state index in [0.29, 0.717) is 22.8 Å². The van der Waals surface area contributed by atoms with E-state index in [1.165, 1.54) is 19.3 Å². The summed E-state index contributed by atoms with van der Waals surface area (Å²) in [7, 11) is 2.13. The highest BCUT2D eigenvalue weighted by Gasteiger charge is 2.18. The lowest BCUT2D eigenvalue weighted by Crippen LogP contribution is -2.30. The zero-order chi connectivity index (χ0) is 15.2. The third kappa shape index (κ3) is 5.21. The van der Waals surface area contributed by atoms with Crippen molar-refractivity contribution in [2.45, 2.75) is 32.1 Å². The topological polar surface area (TPSA) is 58.4 Å². The normalized spacial score (nSPS) is 15.0. The molecule has 1 amide bonds. The van der Waals surface area contributed by atoms with Gasteiger partial charge in [-0.3, -0.25) is 4.79 Å². The predicted molar refractivity (Wildman–Crippen MR) is 88.6 cm³/mol. The molecule has 0 saturated heterocycles. The fourth-order valence-corrected chi connectivity index (χ4v) is 2.74. The molecule has 0 spiro atoms. The number of carbonyl (C=O) groups excluding carboxylic acids is 1. The van der Waals surface area contributed by atoms with Crippen LogP contribution in [-0.4, -0.2) is 30.9 Å². The Kier molecular flexibility index (Phi) is 5.88. The molecular formula is C16H24ClN3O. The molecule has 0 aliphatic heterocycles. The summed E-state index contributed by atoms with van der Waals surface area (Å²) in [6.45, 7) is 2.11. The third-order valence-corrected chi connectivity index (χ3v) is 4.26. The van der Waals surface area contributed by atoms with Gasteiger partial charge in [-0.25, -0.2) is 0 Å². The number of nitrogens with zero attached hydrogens (tertiary/aromatic N) is 1. The average molecular weight is 310 g/mol. The molecule has 0 bridgehead atoms. The van der Waals surface area contributed by atoms with E-state index in [2.05, 4.69) is 17.3 Å². The zero-order valence-corrected chi connectivity index (χ0v) is 13.3. The molecule has 0 heterocycles. The molecule has 116 valence electrons. The summed E-state index contributed by atoms with van der Waals surface area (Å²) in [4.78, 5) is 14.2. The Morgan fingerprint density at radius 2 is 2.24 bits per heavy atom. The maximum atomic E-state index is 11.9. The summed E-state index contributed by atoms with van der Waals surface area (Å²) in [5.41, 5.74) is 6.94. The highest BCUT2D eigenvalue weighted by atomic mass is 35.5. The second-order valence-electron chi connectivity index (χ2n) is 5.94. The molecule has 1 fully saturated rings. The molecule has 1 saturated carbocycles. The minimum atomic E-state index is -0.0130. The summed E-state index contributed by atoms with van der Waals surface area (Å²) in [6.07, 6.45) is 5.45. The summed E-state index contributed by atoms with van der Waals surface area (Å²) in [5, 5.41) is 3.39. The quantitative estimate of drug-likeness (QED) is 0.759. The van der Waals surface area contributed by atoms with Gasteiger partial charge in [-0.05, 0) is 57.0 Å². The minimum Gasteiger partial charge on any atom is -0.397 e. The fourth-order valence-electron chi connectivity index (χ4n) is 2.57. The molecule has 5 heteroatoms. The number of nitrogen functional groups attached to an aromatic ring is 1. The molecule has 0 radical (unpaired) electrons. The first-order chi connectivity index (χ1) is 10.0. The first-order valence-corrected chi connectivity index (χ1v) is 7.96. The maximum Gasteiger partial charge on any atom is 0.224 e. The summed E-state index contributed by atoms with van der Waals surface area (Å²) in [6, 6.07) is 5.09. The number of nitrogens with two attached hydrogens (primary N) is 1. The summed E-state index contributed by atoms with van der Waals surface area (Å²) < 4.78 is 0. The molecular weight excluding hydrogens is 286 g/mol. The molecule has 1 aromatic carbocycles. The van der Waals surface area contributed by atoms with E-state index in [9.17, 15) is 4.79 Å². The number of amides is 1. The number of nitrogens with one attached hydrogen (secondary N) is 1. The van der Waals surface area contributed by atoms with Crippen molar-refractivity contribution in [3.8, 4) is 0 Å². The summed E-state index contributed by atoms with van der Waals surface area (Å²) >= 11 is 5.90. The van der Waals surface area contributed by atoms with E-state index in [1.54, 1.807) is 18.2 Å². The Hall–Kier alpha value is -1.26. The van der Waals surface area contributed by atoms with Crippen LogP contribution in [0, 0.1) is 5.92 Å². The first-order valence-electron chi connectivity index (χ1n) is 7.58. The Morgan fingerprint density at radius 1 is 1.48 bits per heavy atom. The van der Waals surface area contributed by atoms with Gasteiger partial charge >= 0.3 is 0 Å². The van der Waals surface area contributed by atoms with Crippen LogP contribution in [0.2, 0.25) is 5.02 Å². The van der Waals surface area contributed by atoms with Gasteiger partial charge in [0.15, 0.2) is 0 Å². The molecule has 1 aliphatic rings. The van der Waals surface area contributed by atoms with Crippen LogP contribution in [0.15, 0.2) is 18.2 Å². The van der Waals surface area contributed by atoms with Gasteiger partial charge < -0.3 is 16.0 Å². The molecule has 1 aliphatic carbocycles. The van der Waals surface area contributed by atoms with Gasteiger partial charge in [0, 0.05) is 18.0 Å². The Balaban J connectivity index is 1.68. The molecule has 21 heavy (non-hydrogen) atoms. The highest BCUT2D eigenvalue weighted by Crippen LogP contribution is 2.26. The molecule has 0 unspecified atom stereocenters. The highest BCUT2D eigenvalue weighted by molar-refractivity contribution is 6.31. The monoisotopic (exact) mass is 309 g/mol. The SMILES string of the molecule is CN(CCCC(=O)Nc1cc(Cl)ccc1N)CC1CCC1. The first kappa shape index (κ1) is 16.1. The number of anilines is 2. The number of hydrogen-bond acceptors (Lipinski definition) is 3. The van der Waals surface area contributed by atoms with Crippen LogP contribution < -0.4 is 11.1 Å². The van der Waals surface area contributed by atoms with Crippen molar-refractivity contribution in [2.24, 2.45) is 5.92 Å². The van der Waals surface area contributed by atoms with Gasteiger partial charge in [-0.15, -0.1) is 0 Å². The lowest BCUT2D eigenvalue weighted by molar-refractivity contribution is -0.116. The Bertz CT molecular complexity index is 488. The van der Waals surface area contributed by atoms with E-state index >= 15 is 0 Å². The number of rotatable bonds is 7. The van der Waals surface area contributed by atoms with Crippen LogP contribution in [0.1, 0.15) is 32.1 Å². The number of hydrogen-bond donors (Lipinski definition) is 2. The number of carbonyl (C=O) groups is 1. The van der Waals surface area contributed by atoms with E-state index in [1.807, 2.05) is 0 Å². The maximum absolute atomic E-state index is 11.9. The minimum absolute atomic E-state index is 0.0130. The standard InChI is InChI=1S/C16H24ClN3O/c1-20(11-12-4-2-5-12)9-3-6-16(21)19-15-10-13(17)7-8-14(15)18/h7-8,10,12H,2-6,9,11,18H2,1H3,(H,19,21). The van der Waals surface area contributed by atoms with Crippen molar-refractivity contribution < 1.29 is 4.79 Å². The van der Waals surface area contributed by atoms with E-state index in [0.717, 1.165) is 25.4 Å². The van der Waals surface area contributed by atoms with Crippen LogP contribution in [0.25, 0.3) is 0 Å². The van der Waals surface area contributed by atoms with Crippen molar-refractivity contribution in [2.75, 3.05) is 31.2 Å². The van der Waals surface area contributed by atoms with Crippen molar-refractivity contribution in [1.29, 1.82) is 0 Å². The average Bonchev–Trinajstić information content (AvgIpc) is 2.38. The van der Waals surface area contributed by atoms with Crippen LogP contribution in [-0.2, 0) is 4.79 Å². The molecule has 3 N–H and O–H groups in total. The van der Waals surface area contributed by atoms with E-state index in [4.69, 9.17) is 17.3 Å². The molecule has 1 aromatic rings. The van der Waals surface area contributed by atoms with Crippen molar-refractivity contribution in [3.05, 3.63) is 23.2 Å². The molecule has 4 nitrogen and oxygen atoms in total. The van der Waals surface area contributed by atoms with Gasteiger partial charge in [0.25, 0.3) is 0 Å². The molecule has 0 atom stereocenters. The summed E-state index contributed by atoms with van der Waals surface area (Å²) in [5.74, 6) is 0.857. The predicted octanol–water partition coefficient (Wildman–Crippen LogP) is 3.37. The number of halogens is 1. The van der Waals surface area contributed by atoms with Crippen LogP contribution in [0.4, 0.5) is 11.4 Å². The van der Waals surface area contributed by atoms with Crippen molar-refractivity contribution in [3.63, 3.8) is 0 Å². The van der Waals surface area contributed by atoms with Gasteiger partial charge in [-0.2, -0.15) is 0 Å². The zero-order valence-electron chi connectivity index (χ0n) is 12.6. The Labute approximate surface area is 131 Å². The van der Waals surface area contributed by atoms with Crippen molar-refractivity contribution >= 4 is 28.9 Å². The van der Waals surface area contributed by atoms with Crippen molar-refractivity contribution in [1.82, 2.24) is 4.90 Å². The Morgan fingerprint density at radius 3 is 2.90 bits per heavy atom. The van der Waals surface area contributed by atoms with E-state index in [-0.39, 0.29) is 5.91 Å². The number of benzene rings is 1. The largest absolute Gasteiger partial charge is 0.397 e. The lowest BCUT2D eigenvalue weighted by atomic mass is 9.85. The van der Waals surface area contributed by atoms with Gasteiger partial charge in [0.05, 0.1) is 11.4 Å². The fraction of sp³-hybridized carbons (Fsp3) is 0.562. The van der Waals surface area contributed by atoms with Gasteiger partial charge in [0.2, 0.25) is 5.91 Å². The van der Waals surface area contributed by atoms with E-state index < -0.39 is 0 Å². The smallest absolute Gasteiger partial charge is 0.224 e. The van der Waals surface area contributed by atoms with Crippen LogP contribution in [0.5, 0.6) is 0 Å². The lowest BCUT2D eigenvalue weighted by Gasteiger charge is -2.30. The van der Waals surface area contributed by atoms with Crippen LogP contribution in [0.3, 0.4) is 0 Å².